The number of amides is 3. The molecule has 9 nitrogen and oxygen atoms in total. The molecule has 0 unspecified atom stereocenters. The maximum atomic E-state index is 12.7. The largest absolute Gasteiger partial charge is 0.495 e. The van der Waals surface area contributed by atoms with Crippen LogP contribution in [0.5, 0.6) is 5.75 Å². The number of fused-ring (bicyclic) bond motifs is 1. The van der Waals surface area contributed by atoms with E-state index in [-0.39, 0.29) is 17.9 Å². The number of anilines is 2. The van der Waals surface area contributed by atoms with Crippen LogP contribution in [0.2, 0.25) is 0 Å². The van der Waals surface area contributed by atoms with Crippen molar-refractivity contribution in [3.63, 3.8) is 0 Å². The zero-order valence-corrected chi connectivity index (χ0v) is 19.0. The van der Waals surface area contributed by atoms with Gasteiger partial charge in [-0.2, -0.15) is 0 Å². The third-order valence-corrected chi connectivity index (χ3v) is 6.62. The van der Waals surface area contributed by atoms with Crippen LogP contribution >= 0.6 is 0 Å². The average Bonchev–Trinajstić information content (AvgIpc) is 3.08. The molecule has 0 saturated heterocycles. The number of imide groups is 1. The van der Waals surface area contributed by atoms with E-state index < -0.39 is 27.7 Å². The first-order chi connectivity index (χ1) is 16.3. The number of hydrogen-bond acceptors (Lipinski definition) is 6. The highest BCUT2D eigenvalue weighted by Crippen LogP contribution is 2.27. The summed E-state index contributed by atoms with van der Waals surface area (Å²) in [7, 11) is -2.43. The smallest absolute Gasteiger partial charge is 0.262 e. The van der Waals surface area contributed by atoms with Crippen LogP contribution in [0.1, 0.15) is 27.1 Å². The van der Waals surface area contributed by atoms with Crippen molar-refractivity contribution in [1.82, 2.24) is 4.90 Å². The third-order valence-electron chi connectivity index (χ3n) is 5.24. The predicted molar refractivity (Wildman–Crippen MR) is 125 cm³/mol. The van der Waals surface area contributed by atoms with Gasteiger partial charge < -0.3 is 10.1 Å². The second-order valence-corrected chi connectivity index (χ2v) is 9.12. The number of hydrogen-bond donors (Lipinski definition) is 2. The lowest BCUT2D eigenvalue weighted by atomic mass is 10.1. The van der Waals surface area contributed by atoms with Crippen LogP contribution in [0.4, 0.5) is 11.4 Å². The van der Waals surface area contributed by atoms with Gasteiger partial charge in [-0.1, -0.05) is 24.3 Å². The molecule has 0 saturated carbocycles. The van der Waals surface area contributed by atoms with Crippen LogP contribution in [0, 0.1) is 0 Å². The number of carbonyl (C=O) groups excluding carboxylic acids is 3. The fourth-order valence-corrected chi connectivity index (χ4v) is 4.60. The number of nitrogens with one attached hydrogen (secondary N) is 2. The SMILES string of the molecule is COc1ccccc1NS(=O)(=O)c1ccc(NC(=O)CCN2C(=O)c3ccccc3C2=O)cc1. The molecular weight excluding hydrogens is 458 g/mol. The van der Waals surface area contributed by atoms with Crippen molar-refractivity contribution in [2.45, 2.75) is 11.3 Å². The van der Waals surface area contributed by atoms with Crippen LogP contribution in [0.15, 0.2) is 77.7 Å². The summed E-state index contributed by atoms with van der Waals surface area (Å²) in [5, 5.41) is 2.64. The Labute approximate surface area is 196 Å². The summed E-state index contributed by atoms with van der Waals surface area (Å²) in [6.07, 6.45) is -0.0964. The van der Waals surface area contributed by atoms with E-state index in [1.54, 1.807) is 48.5 Å². The van der Waals surface area contributed by atoms with E-state index in [2.05, 4.69) is 10.0 Å². The molecular formula is C24H21N3O6S. The summed E-state index contributed by atoms with van der Waals surface area (Å²) in [6, 6.07) is 18.8. The van der Waals surface area contributed by atoms with Gasteiger partial charge in [-0.25, -0.2) is 8.42 Å². The molecule has 0 radical (unpaired) electrons. The Balaban J connectivity index is 1.36. The van der Waals surface area contributed by atoms with Crippen LogP contribution in [0.3, 0.4) is 0 Å². The highest BCUT2D eigenvalue weighted by molar-refractivity contribution is 7.92. The van der Waals surface area contributed by atoms with Gasteiger partial charge in [-0.3, -0.25) is 24.0 Å². The first kappa shape index (κ1) is 23.0. The van der Waals surface area contributed by atoms with Gasteiger partial charge in [0.15, 0.2) is 0 Å². The average molecular weight is 480 g/mol. The first-order valence-corrected chi connectivity index (χ1v) is 11.8. The molecule has 1 aliphatic rings. The maximum absolute atomic E-state index is 12.7. The highest BCUT2D eigenvalue weighted by atomic mass is 32.2. The van der Waals surface area contributed by atoms with Crippen molar-refractivity contribution < 1.29 is 27.5 Å². The lowest BCUT2D eigenvalue weighted by molar-refractivity contribution is -0.116. The van der Waals surface area contributed by atoms with Crippen molar-refractivity contribution in [2.75, 3.05) is 23.7 Å². The van der Waals surface area contributed by atoms with E-state index in [4.69, 9.17) is 4.74 Å². The number of methoxy groups -OCH3 is 1. The minimum absolute atomic E-state index is 0.00225. The third kappa shape index (κ3) is 4.62. The molecule has 34 heavy (non-hydrogen) atoms. The van der Waals surface area contributed by atoms with E-state index in [9.17, 15) is 22.8 Å². The Morgan fingerprint density at radius 3 is 2.09 bits per heavy atom. The van der Waals surface area contributed by atoms with Crippen LogP contribution in [0.25, 0.3) is 0 Å². The van der Waals surface area contributed by atoms with Crippen molar-refractivity contribution >= 4 is 39.1 Å². The van der Waals surface area contributed by atoms with E-state index >= 15 is 0 Å². The van der Waals surface area contributed by atoms with E-state index in [1.165, 1.54) is 31.4 Å². The van der Waals surface area contributed by atoms with E-state index in [0.717, 1.165) is 4.90 Å². The Morgan fingerprint density at radius 1 is 0.882 bits per heavy atom. The molecule has 1 heterocycles. The molecule has 3 aromatic rings. The second-order valence-electron chi connectivity index (χ2n) is 7.44. The van der Waals surface area contributed by atoms with Crippen LogP contribution in [-0.4, -0.2) is 44.7 Å². The Kier molecular flexibility index (Phi) is 6.33. The summed E-state index contributed by atoms with van der Waals surface area (Å²) in [6.45, 7) is -0.0620. The molecule has 0 atom stereocenters. The second kappa shape index (κ2) is 9.36. The molecule has 2 N–H and O–H groups in total. The molecule has 0 spiro atoms. The monoisotopic (exact) mass is 479 g/mol. The summed E-state index contributed by atoms with van der Waals surface area (Å²) >= 11 is 0. The summed E-state index contributed by atoms with van der Waals surface area (Å²) in [4.78, 5) is 38.2. The number of rotatable bonds is 8. The Bertz CT molecular complexity index is 1330. The van der Waals surface area contributed by atoms with Gasteiger partial charge in [0.05, 0.1) is 28.8 Å². The summed E-state index contributed by atoms with van der Waals surface area (Å²) in [5.74, 6) is -0.886. The standard InChI is InChI=1S/C24H21N3O6S/c1-33-21-9-5-4-8-20(21)26-34(31,32)17-12-10-16(11-13-17)25-22(28)14-15-27-23(29)18-6-2-3-7-19(18)24(27)30/h2-13,26H,14-15H2,1H3,(H,25,28). The van der Waals surface area contributed by atoms with Crippen LogP contribution < -0.4 is 14.8 Å². The number of carbonyl (C=O) groups is 3. The minimum Gasteiger partial charge on any atom is -0.495 e. The van der Waals surface area contributed by atoms with Crippen molar-refractivity contribution in [3.05, 3.63) is 83.9 Å². The van der Waals surface area contributed by atoms with E-state index in [0.29, 0.717) is 28.3 Å². The van der Waals surface area contributed by atoms with Crippen molar-refractivity contribution in [3.8, 4) is 5.75 Å². The van der Waals surface area contributed by atoms with Crippen molar-refractivity contribution in [2.24, 2.45) is 0 Å². The molecule has 4 rings (SSSR count). The normalized spacial score (nSPS) is 12.9. The Morgan fingerprint density at radius 2 is 1.47 bits per heavy atom. The maximum Gasteiger partial charge on any atom is 0.262 e. The minimum atomic E-state index is -3.88. The fourth-order valence-electron chi connectivity index (χ4n) is 3.53. The molecule has 0 fully saturated rings. The summed E-state index contributed by atoms with van der Waals surface area (Å²) in [5.41, 5.74) is 1.33. The van der Waals surface area contributed by atoms with Gasteiger partial charge in [-0.15, -0.1) is 0 Å². The highest BCUT2D eigenvalue weighted by Gasteiger charge is 2.34. The Hall–Kier alpha value is -4.18. The number of ether oxygens (including phenoxy) is 1. The van der Waals surface area contributed by atoms with E-state index in [1.807, 2.05) is 0 Å². The number of nitrogens with zero attached hydrogens (tertiary/aromatic N) is 1. The van der Waals surface area contributed by atoms with Gasteiger partial charge in [-0.05, 0) is 48.5 Å². The van der Waals surface area contributed by atoms with Gasteiger partial charge in [0.2, 0.25) is 5.91 Å². The number of benzene rings is 3. The predicted octanol–water partition coefficient (Wildman–Crippen LogP) is 3.12. The molecule has 10 heteroatoms. The molecule has 3 aromatic carbocycles. The van der Waals surface area contributed by atoms with Gasteiger partial charge in [0.1, 0.15) is 5.75 Å². The zero-order valence-electron chi connectivity index (χ0n) is 18.1. The first-order valence-electron chi connectivity index (χ1n) is 10.3. The number of sulfonamides is 1. The van der Waals surface area contributed by atoms with Crippen LogP contribution in [-0.2, 0) is 14.8 Å². The molecule has 0 bridgehead atoms. The summed E-state index contributed by atoms with van der Waals surface area (Å²) < 4.78 is 33.0. The molecule has 0 aromatic heterocycles. The zero-order chi connectivity index (χ0) is 24.3. The number of para-hydroxylation sites is 2. The lowest BCUT2D eigenvalue weighted by Gasteiger charge is -2.14. The lowest BCUT2D eigenvalue weighted by Crippen LogP contribution is -2.32. The molecule has 0 aliphatic carbocycles. The van der Waals surface area contributed by atoms with Gasteiger partial charge >= 0.3 is 0 Å². The quantitative estimate of drug-likeness (QED) is 0.479. The van der Waals surface area contributed by atoms with Crippen molar-refractivity contribution in [1.29, 1.82) is 0 Å². The van der Waals surface area contributed by atoms with Gasteiger partial charge in [0.25, 0.3) is 21.8 Å². The molecule has 1 aliphatic heterocycles. The molecule has 3 amide bonds. The molecule has 174 valence electrons. The topological polar surface area (TPSA) is 122 Å². The fraction of sp³-hybridized carbons (Fsp3) is 0.125. The van der Waals surface area contributed by atoms with Gasteiger partial charge in [0, 0.05) is 18.7 Å².